The molecule has 0 aliphatic carbocycles. The molecule has 40 heavy (non-hydrogen) atoms. The summed E-state index contributed by atoms with van der Waals surface area (Å²) in [4.78, 5) is 26.4. The number of ether oxygens (including phenoxy) is 4. The molecule has 2 unspecified atom stereocenters. The van der Waals surface area contributed by atoms with Crippen LogP contribution in [0.25, 0.3) is 0 Å². The van der Waals surface area contributed by atoms with Gasteiger partial charge in [-0.1, -0.05) is 12.1 Å². The molecule has 1 aromatic heterocycles. The fourth-order valence-electron chi connectivity index (χ4n) is 4.95. The van der Waals surface area contributed by atoms with E-state index >= 15 is 0 Å². The lowest BCUT2D eigenvalue weighted by molar-refractivity contribution is -0.158. The number of nitrogens with zero attached hydrogens (tertiary/aromatic N) is 3. The number of esters is 1. The van der Waals surface area contributed by atoms with E-state index in [9.17, 15) is 22.8 Å². The van der Waals surface area contributed by atoms with Gasteiger partial charge in [0.1, 0.15) is 11.3 Å². The number of hydrogen-bond donors (Lipinski definition) is 1. The quantitative estimate of drug-likeness (QED) is 0.222. The molecule has 2 atom stereocenters. The van der Waals surface area contributed by atoms with Crippen LogP contribution in [0, 0.1) is 0 Å². The van der Waals surface area contributed by atoms with Gasteiger partial charge in [-0.3, -0.25) is 9.59 Å². The molecule has 13 heteroatoms. The standard InChI is InChI=1S/C27H35F3N4O6/c1-37-22-8-6-19(7-9-22)15-34-26(36)25(27(28,29)30)23(14-32-34)33-12-3-5-21(33)17-38-13-10-24(35)40-18-39-16-20-4-2-11-31-20/h6-9,14,20-21,31H,2-5,10-13,15-18H2,1H3. The van der Waals surface area contributed by atoms with Crippen molar-refractivity contribution < 1.29 is 36.9 Å². The highest BCUT2D eigenvalue weighted by Gasteiger charge is 2.41. The maximum atomic E-state index is 14.1. The van der Waals surface area contributed by atoms with Crippen molar-refractivity contribution in [2.45, 2.75) is 56.9 Å². The van der Waals surface area contributed by atoms with Crippen LogP contribution in [0.1, 0.15) is 43.2 Å². The highest BCUT2D eigenvalue weighted by atomic mass is 19.4. The predicted octanol–water partition coefficient (Wildman–Crippen LogP) is 2.96. The lowest BCUT2D eigenvalue weighted by atomic mass is 10.1. The highest BCUT2D eigenvalue weighted by Crippen LogP contribution is 2.36. The summed E-state index contributed by atoms with van der Waals surface area (Å²) in [5, 5.41) is 7.34. The van der Waals surface area contributed by atoms with Crippen LogP contribution in [0.3, 0.4) is 0 Å². The second-order valence-corrected chi connectivity index (χ2v) is 9.83. The van der Waals surface area contributed by atoms with E-state index in [-0.39, 0.29) is 44.7 Å². The molecule has 2 aromatic rings. The molecule has 2 fully saturated rings. The average molecular weight is 569 g/mol. The Morgan fingerprint density at radius 2 is 1.93 bits per heavy atom. The van der Waals surface area contributed by atoms with Gasteiger partial charge in [0.2, 0.25) is 0 Å². The molecule has 1 aromatic carbocycles. The fraction of sp³-hybridized carbons (Fsp3) is 0.593. The summed E-state index contributed by atoms with van der Waals surface area (Å²) in [6.45, 7) is 1.68. The van der Waals surface area contributed by atoms with Crippen molar-refractivity contribution in [1.29, 1.82) is 0 Å². The highest BCUT2D eigenvalue weighted by molar-refractivity contribution is 5.69. The topological polar surface area (TPSA) is 104 Å². The minimum absolute atomic E-state index is 0.00544. The Bertz CT molecular complexity index is 1170. The van der Waals surface area contributed by atoms with Crippen molar-refractivity contribution >= 4 is 11.7 Å². The molecular weight excluding hydrogens is 533 g/mol. The Hall–Kier alpha value is -3.16. The van der Waals surface area contributed by atoms with Crippen molar-refractivity contribution in [3.05, 3.63) is 51.9 Å². The molecule has 0 radical (unpaired) electrons. The largest absolute Gasteiger partial charge is 0.497 e. The SMILES string of the molecule is COc1ccc(Cn2ncc(N3CCCC3COCCC(=O)OCOCC3CCCN3)c(C(F)(F)F)c2=O)cc1. The van der Waals surface area contributed by atoms with Gasteiger partial charge in [0.05, 0.1) is 57.8 Å². The summed E-state index contributed by atoms with van der Waals surface area (Å²) in [6.07, 6.45) is -0.424. The van der Waals surface area contributed by atoms with Crippen molar-refractivity contribution in [3.63, 3.8) is 0 Å². The van der Waals surface area contributed by atoms with Crippen LogP contribution < -0.4 is 20.5 Å². The number of methoxy groups -OCH3 is 1. The summed E-state index contributed by atoms with van der Waals surface area (Å²) in [5.74, 6) is 0.114. The fourth-order valence-corrected chi connectivity index (χ4v) is 4.95. The number of rotatable bonds is 13. The van der Waals surface area contributed by atoms with Gasteiger partial charge in [0.25, 0.3) is 5.56 Å². The molecule has 2 saturated heterocycles. The van der Waals surface area contributed by atoms with Crippen LogP contribution in [0.4, 0.5) is 18.9 Å². The molecule has 0 spiro atoms. The predicted molar refractivity (Wildman–Crippen MR) is 139 cm³/mol. The second-order valence-electron chi connectivity index (χ2n) is 9.83. The Balaban J connectivity index is 1.32. The van der Waals surface area contributed by atoms with E-state index in [1.54, 1.807) is 24.3 Å². The molecule has 220 valence electrons. The normalized spacial score (nSPS) is 19.2. The lowest BCUT2D eigenvalue weighted by Gasteiger charge is -2.29. The maximum Gasteiger partial charge on any atom is 0.423 e. The zero-order chi connectivity index (χ0) is 28.5. The van der Waals surface area contributed by atoms with Crippen LogP contribution in [-0.4, -0.2) is 74.6 Å². The molecule has 0 bridgehead atoms. The smallest absolute Gasteiger partial charge is 0.423 e. The number of halogens is 3. The van der Waals surface area contributed by atoms with E-state index in [1.807, 2.05) is 0 Å². The maximum absolute atomic E-state index is 14.1. The van der Waals surface area contributed by atoms with Gasteiger partial charge in [-0.15, -0.1) is 0 Å². The van der Waals surface area contributed by atoms with Crippen molar-refractivity contribution in [1.82, 2.24) is 15.1 Å². The first-order valence-corrected chi connectivity index (χ1v) is 13.4. The van der Waals surface area contributed by atoms with Crippen molar-refractivity contribution in [3.8, 4) is 5.75 Å². The van der Waals surface area contributed by atoms with Gasteiger partial charge in [0, 0.05) is 12.6 Å². The second kappa shape index (κ2) is 14.0. The van der Waals surface area contributed by atoms with Gasteiger partial charge in [0.15, 0.2) is 6.79 Å². The first-order valence-electron chi connectivity index (χ1n) is 13.4. The number of carbonyl (C=O) groups excluding carboxylic acids is 1. The molecule has 0 amide bonds. The van der Waals surface area contributed by atoms with Crippen LogP contribution >= 0.6 is 0 Å². The molecule has 3 heterocycles. The third-order valence-electron chi connectivity index (χ3n) is 7.03. The molecule has 1 N–H and O–H groups in total. The van der Waals surface area contributed by atoms with Crippen LogP contribution in [0.5, 0.6) is 5.75 Å². The van der Waals surface area contributed by atoms with E-state index in [2.05, 4.69) is 10.4 Å². The van der Waals surface area contributed by atoms with Gasteiger partial charge in [-0.05, 0) is 49.9 Å². The van der Waals surface area contributed by atoms with Gasteiger partial charge in [-0.25, -0.2) is 4.68 Å². The summed E-state index contributed by atoms with van der Waals surface area (Å²) >= 11 is 0. The summed E-state index contributed by atoms with van der Waals surface area (Å²) in [7, 11) is 1.51. The summed E-state index contributed by atoms with van der Waals surface area (Å²) in [5.41, 5.74) is -2.11. The van der Waals surface area contributed by atoms with Gasteiger partial charge >= 0.3 is 12.1 Å². The van der Waals surface area contributed by atoms with Gasteiger partial charge in [-0.2, -0.15) is 18.3 Å². The number of carbonyl (C=O) groups is 1. The molecular formula is C27H35F3N4O6. The first-order chi connectivity index (χ1) is 19.3. The van der Waals surface area contributed by atoms with Crippen LogP contribution in [0.2, 0.25) is 0 Å². The Labute approximate surface area is 230 Å². The van der Waals surface area contributed by atoms with E-state index in [1.165, 1.54) is 12.0 Å². The monoisotopic (exact) mass is 568 g/mol. The number of nitrogens with one attached hydrogen (secondary N) is 1. The van der Waals surface area contributed by atoms with E-state index in [4.69, 9.17) is 18.9 Å². The lowest BCUT2D eigenvalue weighted by Crippen LogP contribution is -2.39. The zero-order valence-electron chi connectivity index (χ0n) is 22.5. The molecule has 10 nitrogen and oxygen atoms in total. The Morgan fingerprint density at radius 1 is 1.12 bits per heavy atom. The molecule has 0 saturated carbocycles. The number of anilines is 1. The Morgan fingerprint density at radius 3 is 2.62 bits per heavy atom. The van der Waals surface area contributed by atoms with Crippen LogP contribution in [0.15, 0.2) is 35.3 Å². The van der Waals surface area contributed by atoms with Crippen LogP contribution in [-0.2, 0) is 31.7 Å². The zero-order valence-corrected chi connectivity index (χ0v) is 22.5. The third kappa shape index (κ3) is 7.95. The minimum Gasteiger partial charge on any atom is -0.497 e. The minimum atomic E-state index is -4.87. The molecule has 4 rings (SSSR count). The number of alkyl halides is 3. The first kappa shape index (κ1) is 29.8. The third-order valence-corrected chi connectivity index (χ3v) is 7.03. The molecule has 2 aliphatic rings. The van der Waals surface area contributed by atoms with E-state index < -0.39 is 29.3 Å². The number of benzene rings is 1. The van der Waals surface area contributed by atoms with Gasteiger partial charge < -0.3 is 29.2 Å². The summed E-state index contributed by atoms with van der Waals surface area (Å²) < 4.78 is 64.3. The van der Waals surface area contributed by atoms with Crippen molar-refractivity contribution in [2.75, 3.05) is 51.7 Å². The average Bonchev–Trinajstić information content (AvgIpc) is 3.62. The van der Waals surface area contributed by atoms with E-state index in [0.29, 0.717) is 37.3 Å². The summed E-state index contributed by atoms with van der Waals surface area (Å²) in [6, 6.07) is 6.55. The number of aromatic nitrogens is 2. The molecule has 2 aliphatic heterocycles. The Kier molecular flexibility index (Phi) is 10.4. The van der Waals surface area contributed by atoms with Crippen molar-refractivity contribution in [2.24, 2.45) is 0 Å². The number of hydrogen-bond acceptors (Lipinski definition) is 9. The van der Waals surface area contributed by atoms with E-state index in [0.717, 1.165) is 30.3 Å².